The first kappa shape index (κ1) is 14.2. The van der Waals surface area contributed by atoms with E-state index in [0.29, 0.717) is 0 Å². The Morgan fingerprint density at radius 3 is 2.74 bits per heavy atom. The van der Waals surface area contributed by atoms with Crippen molar-refractivity contribution in [1.29, 1.82) is 0 Å². The molecule has 0 fully saturated rings. The molecule has 0 radical (unpaired) electrons. The second-order valence-electron chi connectivity index (χ2n) is 4.39. The molecule has 2 aromatic rings. The number of benzene rings is 1. The van der Waals surface area contributed by atoms with Crippen molar-refractivity contribution in [2.45, 2.75) is 32.4 Å². The number of hydrogen-bond donors (Lipinski definition) is 2. The van der Waals surface area contributed by atoms with Gasteiger partial charge in [0.15, 0.2) is 0 Å². The number of nitrogens with two attached hydrogens (primary N) is 1. The molecule has 0 aliphatic heterocycles. The van der Waals surface area contributed by atoms with Crippen molar-refractivity contribution >= 4 is 15.9 Å². The molecule has 0 bridgehead atoms. The van der Waals surface area contributed by atoms with Gasteiger partial charge in [-0.25, -0.2) is 15.1 Å². The highest BCUT2D eigenvalue weighted by molar-refractivity contribution is 9.10. The lowest BCUT2D eigenvalue weighted by Crippen LogP contribution is -2.32. The monoisotopic (exact) mass is 323 g/mol. The van der Waals surface area contributed by atoms with E-state index in [4.69, 9.17) is 5.84 Å². The zero-order valence-electron chi connectivity index (χ0n) is 10.9. The molecule has 0 aliphatic carbocycles. The number of rotatable bonds is 6. The molecule has 0 amide bonds. The Morgan fingerprint density at radius 1 is 1.37 bits per heavy atom. The van der Waals surface area contributed by atoms with Crippen molar-refractivity contribution in [3.8, 4) is 0 Å². The highest BCUT2D eigenvalue weighted by atomic mass is 79.9. The summed E-state index contributed by atoms with van der Waals surface area (Å²) in [5.74, 6) is 6.55. The maximum absolute atomic E-state index is 5.67. The van der Waals surface area contributed by atoms with Crippen molar-refractivity contribution in [2.75, 3.05) is 0 Å². The molecule has 1 aromatic carbocycles. The summed E-state index contributed by atoms with van der Waals surface area (Å²) in [6.07, 6.45) is 3.38. The van der Waals surface area contributed by atoms with Crippen LogP contribution in [0.15, 0.2) is 35.1 Å². The van der Waals surface area contributed by atoms with Gasteiger partial charge >= 0.3 is 0 Å². The summed E-state index contributed by atoms with van der Waals surface area (Å²) in [5.41, 5.74) is 4.04. The maximum atomic E-state index is 5.67. The van der Waals surface area contributed by atoms with Crippen LogP contribution in [0.1, 0.15) is 30.8 Å². The van der Waals surface area contributed by atoms with Crippen LogP contribution in [0.5, 0.6) is 0 Å². The Morgan fingerprint density at radius 2 is 2.11 bits per heavy atom. The van der Waals surface area contributed by atoms with Crippen LogP contribution in [0.3, 0.4) is 0 Å². The minimum absolute atomic E-state index is 0.0322. The van der Waals surface area contributed by atoms with Gasteiger partial charge in [0.05, 0.1) is 6.04 Å². The van der Waals surface area contributed by atoms with E-state index in [0.717, 1.165) is 29.7 Å². The summed E-state index contributed by atoms with van der Waals surface area (Å²) in [6, 6.07) is 8.18. The second-order valence-corrected chi connectivity index (χ2v) is 5.31. The van der Waals surface area contributed by atoms with E-state index in [9.17, 15) is 0 Å². The van der Waals surface area contributed by atoms with Crippen LogP contribution in [0.2, 0.25) is 0 Å². The lowest BCUT2D eigenvalue weighted by molar-refractivity contribution is 0.467. The maximum Gasteiger partial charge on any atom is 0.145 e. The fraction of sp³-hybridized carbons (Fsp3) is 0.385. The van der Waals surface area contributed by atoms with Gasteiger partial charge in [-0.1, -0.05) is 35.0 Å². The number of nitrogens with zero attached hydrogens (tertiary/aromatic N) is 3. The molecule has 2 rings (SSSR count). The molecule has 0 saturated carbocycles. The van der Waals surface area contributed by atoms with Crippen LogP contribution >= 0.6 is 15.9 Å². The normalized spacial score (nSPS) is 12.6. The van der Waals surface area contributed by atoms with Gasteiger partial charge in [0.2, 0.25) is 0 Å². The second kappa shape index (κ2) is 6.79. The summed E-state index contributed by atoms with van der Waals surface area (Å²) in [6.45, 7) is 2.97. The van der Waals surface area contributed by atoms with Gasteiger partial charge in [-0.05, 0) is 30.5 Å². The largest absolute Gasteiger partial charge is 0.271 e. The number of aromatic nitrogens is 3. The molecule has 1 unspecified atom stereocenters. The summed E-state index contributed by atoms with van der Waals surface area (Å²) in [5, 5.41) is 4.23. The molecule has 1 atom stereocenters. The van der Waals surface area contributed by atoms with Crippen LogP contribution in [0.25, 0.3) is 0 Å². The highest BCUT2D eigenvalue weighted by Gasteiger charge is 2.16. The van der Waals surface area contributed by atoms with Crippen molar-refractivity contribution < 1.29 is 0 Å². The third kappa shape index (κ3) is 3.62. The molecule has 6 heteroatoms. The predicted molar refractivity (Wildman–Crippen MR) is 78.2 cm³/mol. The molecular weight excluding hydrogens is 306 g/mol. The number of aryl methyl sites for hydroxylation is 1. The van der Waals surface area contributed by atoms with Crippen LogP contribution in [-0.4, -0.2) is 14.8 Å². The van der Waals surface area contributed by atoms with Crippen molar-refractivity contribution in [3.05, 3.63) is 46.5 Å². The zero-order valence-corrected chi connectivity index (χ0v) is 12.5. The van der Waals surface area contributed by atoms with Gasteiger partial charge in [0, 0.05) is 11.0 Å². The van der Waals surface area contributed by atoms with E-state index in [2.05, 4.69) is 50.5 Å². The Labute approximate surface area is 121 Å². The van der Waals surface area contributed by atoms with E-state index in [-0.39, 0.29) is 6.04 Å². The van der Waals surface area contributed by atoms with Crippen molar-refractivity contribution in [3.63, 3.8) is 0 Å². The lowest BCUT2D eigenvalue weighted by Gasteiger charge is -2.16. The Hall–Kier alpha value is -1.24. The minimum atomic E-state index is -0.0322. The standard InChI is InChI=1S/C13H18BrN5/c1-2-7-19-13(16-9-17-19)12(18-15)8-10-3-5-11(14)6-4-10/h3-6,9,12,18H,2,7-8,15H2,1H3. The van der Waals surface area contributed by atoms with E-state index in [1.54, 1.807) is 6.33 Å². The zero-order chi connectivity index (χ0) is 13.7. The van der Waals surface area contributed by atoms with Gasteiger partial charge in [0.1, 0.15) is 12.2 Å². The molecule has 19 heavy (non-hydrogen) atoms. The van der Waals surface area contributed by atoms with Gasteiger partial charge in [0.25, 0.3) is 0 Å². The number of nitrogens with one attached hydrogen (secondary N) is 1. The lowest BCUT2D eigenvalue weighted by atomic mass is 10.1. The molecular formula is C13H18BrN5. The smallest absolute Gasteiger partial charge is 0.145 e. The van der Waals surface area contributed by atoms with E-state index < -0.39 is 0 Å². The van der Waals surface area contributed by atoms with E-state index >= 15 is 0 Å². The Bertz CT molecular complexity index is 508. The van der Waals surface area contributed by atoms with Gasteiger partial charge in [-0.2, -0.15) is 5.10 Å². The molecule has 102 valence electrons. The van der Waals surface area contributed by atoms with E-state index in [1.165, 1.54) is 5.56 Å². The van der Waals surface area contributed by atoms with Crippen LogP contribution in [0.4, 0.5) is 0 Å². The summed E-state index contributed by atoms with van der Waals surface area (Å²) in [7, 11) is 0. The molecule has 5 nitrogen and oxygen atoms in total. The topological polar surface area (TPSA) is 68.8 Å². The van der Waals surface area contributed by atoms with Crippen molar-refractivity contribution in [2.24, 2.45) is 5.84 Å². The van der Waals surface area contributed by atoms with Crippen LogP contribution in [-0.2, 0) is 13.0 Å². The SMILES string of the molecule is CCCn1ncnc1C(Cc1ccc(Br)cc1)NN. The van der Waals surface area contributed by atoms with Gasteiger partial charge in [-0.3, -0.25) is 5.84 Å². The van der Waals surface area contributed by atoms with Crippen LogP contribution < -0.4 is 11.3 Å². The molecule has 0 spiro atoms. The average Bonchev–Trinajstić information content (AvgIpc) is 2.87. The first-order valence-electron chi connectivity index (χ1n) is 6.33. The first-order chi connectivity index (χ1) is 9.24. The fourth-order valence-corrected chi connectivity index (χ4v) is 2.27. The van der Waals surface area contributed by atoms with Gasteiger partial charge < -0.3 is 0 Å². The third-order valence-corrected chi connectivity index (χ3v) is 3.48. The van der Waals surface area contributed by atoms with Crippen LogP contribution in [0, 0.1) is 0 Å². The highest BCUT2D eigenvalue weighted by Crippen LogP contribution is 2.18. The molecule has 3 N–H and O–H groups in total. The Balaban J connectivity index is 2.15. The Kier molecular flexibility index (Phi) is 5.07. The molecule has 1 heterocycles. The third-order valence-electron chi connectivity index (χ3n) is 2.95. The number of hydrogen-bond acceptors (Lipinski definition) is 4. The summed E-state index contributed by atoms with van der Waals surface area (Å²) in [4.78, 5) is 4.32. The van der Waals surface area contributed by atoms with Crippen molar-refractivity contribution in [1.82, 2.24) is 20.2 Å². The predicted octanol–water partition coefficient (Wildman–Crippen LogP) is 2.20. The fourth-order valence-electron chi connectivity index (χ4n) is 2.01. The molecule has 0 saturated heterocycles. The number of hydrazine groups is 1. The van der Waals surface area contributed by atoms with E-state index in [1.807, 2.05) is 16.8 Å². The quantitative estimate of drug-likeness (QED) is 0.631. The minimum Gasteiger partial charge on any atom is -0.271 e. The first-order valence-corrected chi connectivity index (χ1v) is 7.12. The van der Waals surface area contributed by atoms with Gasteiger partial charge in [-0.15, -0.1) is 0 Å². The molecule has 0 aliphatic rings. The molecule has 1 aromatic heterocycles. The summed E-state index contributed by atoms with van der Waals surface area (Å²) >= 11 is 3.43. The number of halogens is 1. The average molecular weight is 324 g/mol. The summed E-state index contributed by atoms with van der Waals surface area (Å²) < 4.78 is 2.98.